The van der Waals surface area contributed by atoms with Gasteiger partial charge in [-0.3, -0.25) is 4.79 Å². The van der Waals surface area contributed by atoms with Gasteiger partial charge >= 0.3 is 5.97 Å². The molecule has 5 heteroatoms. The number of rotatable bonds is 2. The van der Waals surface area contributed by atoms with Crippen molar-refractivity contribution in [2.24, 2.45) is 0 Å². The van der Waals surface area contributed by atoms with E-state index in [9.17, 15) is 4.79 Å². The zero-order chi connectivity index (χ0) is 9.76. The Morgan fingerprint density at radius 3 is 3.07 bits per heavy atom. The molecule has 0 amide bonds. The average Bonchev–Trinajstić information content (AvgIpc) is 2.67. The van der Waals surface area contributed by atoms with E-state index in [0.29, 0.717) is 24.1 Å². The van der Waals surface area contributed by atoms with Crippen LogP contribution in [0.25, 0.3) is 10.3 Å². The maximum atomic E-state index is 11.1. The van der Waals surface area contributed by atoms with Crippen LogP contribution in [0.5, 0.6) is 0 Å². The van der Waals surface area contributed by atoms with Crippen LogP contribution in [0.2, 0.25) is 0 Å². The lowest BCUT2D eigenvalue weighted by Crippen LogP contribution is -2.19. The molecule has 2 heterocycles. The predicted octanol–water partition coefficient (Wildman–Crippen LogP) is 2.01. The molecule has 0 radical (unpaired) electrons. The minimum absolute atomic E-state index is 0.606. The van der Waals surface area contributed by atoms with E-state index < -0.39 is 11.4 Å². The number of carboxylic acid groups (broad SMARTS) is 1. The van der Waals surface area contributed by atoms with Gasteiger partial charge in [-0.15, -0.1) is 11.3 Å². The third kappa shape index (κ3) is 0.824. The molecule has 0 unspecified atom stereocenters. The maximum Gasteiger partial charge on any atom is 0.315 e. The van der Waals surface area contributed by atoms with Gasteiger partial charge in [0.15, 0.2) is 5.58 Å². The molecule has 1 aliphatic carbocycles. The summed E-state index contributed by atoms with van der Waals surface area (Å²) < 4.78 is 5.94. The van der Waals surface area contributed by atoms with Crippen molar-refractivity contribution in [3.8, 4) is 0 Å². The smallest absolute Gasteiger partial charge is 0.315 e. The molecule has 2 aromatic rings. The number of hydrogen-bond donors (Lipinski definition) is 1. The van der Waals surface area contributed by atoms with Crippen molar-refractivity contribution < 1.29 is 14.4 Å². The lowest BCUT2D eigenvalue weighted by molar-refractivity contribution is -0.140. The highest BCUT2D eigenvalue weighted by molar-refractivity contribution is 7.17. The second-order valence-electron chi connectivity index (χ2n) is 3.53. The van der Waals surface area contributed by atoms with Gasteiger partial charge in [0.05, 0.1) is 4.70 Å². The molecule has 3 rings (SSSR count). The van der Waals surface area contributed by atoms with E-state index in [-0.39, 0.29) is 0 Å². The van der Waals surface area contributed by atoms with Crippen molar-refractivity contribution >= 4 is 27.6 Å². The molecular weight excluding hydrogens is 202 g/mol. The Hall–Kier alpha value is -1.36. The summed E-state index contributed by atoms with van der Waals surface area (Å²) in [7, 11) is 0. The third-order valence-corrected chi connectivity index (χ3v) is 3.59. The molecule has 2 aromatic heterocycles. The summed E-state index contributed by atoms with van der Waals surface area (Å²) in [5, 5.41) is 14.8. The first kappa shape index (κ1) is 7.99. The number of hydrogen-bond acceptors (Lipinski definition) is 4. The Morgan fingerprint density at radius 2 is 2.43 bits per heavy atom. The van der Waals surface area contributed by atoms with E-state index >= 15 is 0 Å². The summed E-state index contributed by atoms with van der Waals surface area (Å²) in [6.45, 7) is 0. The molecule has 0 aliphatic heterocycles. The van der Waals surface area contributed by atoms with Crippen LogP contribution in [0.1, 0.15) is 18.5 Å². The zero-order valence-corrected chi connectivity index (χ0v) is 8.00. The van der Waals surface area contributed by atoms with E-state index in [1.54, 1.807) is 0 Å². The SMILES string of the molecule is O=C(O)C1(c2noc3ccsc23)CC1. The van der Waals surface area contributed by atoms with Crippen LogP contribution in [-0.4, -0.2) is 16.2 Å². The largest absolute Gasteiger partial charge is 0.481 e. The second kappa shape index (κ2) is 2.36. The van der Waals surface area contributed by atoms with Crippen LogP contribution >= 0.6 is 11.3 Å². The Labute approximate surface area is 83.1 Å². The molecule has 14 heavy (non-hydrogen) atoms. The quantitative estimate of drug-likeness (QED) is 0.821. The van der Waals surface area contributed by atoms with E-state index in [4.69, 9.17) is 9.63 Å². The van der Waals surface area contributed by atoms with Gasteiger partial charge in [0, 0.05) is 0 Å². The highest BCUT2D eigenvalue weighted by Crippen LogP contribution is 2.50. The van der Waals surface area contributed by atoms with Gasteiger partial charge in [-0.25, -0.2) is 0 Å². The monoisotopic (exact) mass is 209 g/mol. The first-order valence-corrected chi connectivity index (χ1v) is 5.19. The van der Waals surface area contributed by atoms with Crippen molar-refractivity contribution in [1.82, 2.24) is 5.16 Å². The fourth-order valence-electron chi connectivity index (χ4n) is 1.66. The molecule has 1 N–H and O–H groups in total. The molecule has 0 saturated heterocycles. The van der Waals surface area contributed by atoms with E-state index in [1.807, 2.05) is 11.4 Å². The maximum absolute atomic E-state index is 11.1. The van der Waals surface area contributed by atoms with Gasteiger partial charge in [0.25, 0.3) is 0 Å². The minimum Gasteiger partial charge on any atom is -0.481 e. The van der Waals surface area contributed by atoms with Crippen LogP contribution < -0.4 is 0 Å². The lowest BCUT2D eigenvalue weighted by atomic mass is 10.0. The van der Waals surface area contributed by atoms with Crippen molar-refractivity contribution in [2.75, 3.05) is 0 Å². The normalized spacial score (nSPS) is 18.6. The summed E-state index contributed by atoms with van der Waals surface area (Å²) in [5.74, 6) is -0.791. The van der Waals surface area contributed by atoms with Crippen LogP contribution in [0.3, 0.4) is 0 Å². The fourth-order valence-corrected chi connectivity index (χ4v) is 2.55. The number of fused-ring (bicyclic) bond motifs is 1. The molecule has 1 aliphatic rings. The fraction of sp³-hybridized carbons (Fsp3) is 0.333. The topological polar surface area (TPSA) is 63.3 Å². The Bertz CT molecular complexity index is 509. The van der Waals surface area contributed by atoms with Gasteiger partial charge in [-0.1, -0.05) is 5.16 Å². The number of nitrogens with zero attached hydrogens (tertiary/aromatic N) is 1. The minimum atomic E-state index is -0.791. The zero-order valence-electron chi connectivity index (χ0n) is 7.19. The second-order valence-corrected chi connectivity index (χ2v) is 4.45. The molecule has 0 atom stereocenters. The van der Waals surface area contributed by atoms with Crippen LogP contribution in [0.4, 0.5) is 0 Å². The number of thiophene rings is 1. The molecule has 1 fully saturated rings. The van der Waals surface area contributed by atoms with Gasteiger partial charge in [0.2, 0.25) is 0 Å². The number of aliphatic carboxylic acids is 1. The van der Waals surface area contributed by atoms with Crippen molar-refractivity contribution in [1.29, 1.82) is 0 Å². The van der Waals surface area contributed by atoms with Crippen molar-refractivity contribution in [3.05, 3.63) is 17.1 Å². The first-order chi connectivity index (χ1) is 6.74. The van der Waals surface area contributed by atoms with Crippen LogP contribution in [0.15, 0.2) is 16.0 Å². The molecular formula is C9H7NO3S. The third-order valence-electron chi connectivity index (χ3n) is 2.69. The van der Waals surface area contributed by atoms with Gasteiger partial charge < -0.3 is 9.63 Å². The standard InChI is InChI=1S/C9H7NO3S/c11-8(12)9(2-3-9)7-6-5(13-10-7)1-4-14-6/h1,4H,2-3H2,(H,11,12). The Kier molecular flexibility index (Phi) is 1.35. The predicted molar refractivity (Wildman–Crippen MR) is 50.4 cm³/mol. The van der Waals surface area contributed by atoms with E-state index in [2.05, 4.69) is 5.16 Å². The van der Waals surface area contributed by atoms with Crippen molar-refractivity contribution in [3.63, 3.8) is 0 Å². The van der Waals surface area contributed by atoms with Crippen LogP contribution in [0, 0.1) is 0 Å². The number of aromatic nitrogens is 1. The molecule has 1 saturated carbocycles. The summed E-state index contributed by atoms with van der Waals surface area (Å²) in [5.41, 5.74) is 0.545. The average molecular weight is 209 g/mol. The van der Waals surface area contributed by atoms with Crippen LogP contribution in [-0.2, 0) is 10.2 Å². The summed E-state index contributed by atoms with van der Waals surface area (Å²) in [6.07, 6.45) is 1.34. The summed E-state index contributed by atoms with van der Waals surface area (Å²) >= 11 is 1.49. The molecule has 0 bridgehead atoms. The summed E-state index contributed by atoms with van der Waals surface area (Å²) in [4.78, 5) is 11.1. The number of carboxylic acids is 1. The molecule has 72 valence electrons. The van der Waals surface area contributed by atoms with Gasteiger partial charge in [-0.2, -0.15) is 0 Å². The van der Waals surface area contributed by atoms with E-state index in [0.717, 1.165) is 4.70 Å². The first-order valence-electron chi connectivity index (χ1n) is 4.31. The van der Waals surface area contributed by atoms with Gasteiger partial charge in [0.1, 0.15) is 11.1 Å². The highest BCUT2D eigenvalue weighted by Gasteiger charge is 2.55. The Balaban J connectivity index is 2.23. The van der Waals surface area contributed by atoms with Gasteiger partial charge in [-0.05, 0) is 24.3 Å². The summed E-state index contributed by atoms with van der Waals surface area (Å²) in [6, 6.07) is 1.81. The number of carbonyl (C=O) groups is 1. The van der Waals surface area contributed by atoms with Crippen molar-refractivity contribution in [2.45, 2.75) is 18.3 Å². The molecule has 4 nitrogen and oxygen atoms in total. The van der Waals surface area contributed by atoms with E-state index in [1.165, 1.54) is 11.3 Å². The molecule has 0 aromatic carbocycles. The Morgan fingerprint density at radius 1 is 1.64 bits per heavy atom. The molecule has 0 spiro atoms. The lowest BCUT2D eigenvalue weighted by Gasteiger charge is -2.03. The highest BCUT2D eigenvalue weighted by atomic mass is 32.1.